The summed E-state index contributed by atoms with van der Waals surface area (Å²) in [6, 6.07) is 0. The van der Waals surface area contributed by atoms with Gasteiger partial charge in [-0.2, -0.15) is 0 Å². The minimum Gasteiger partial charge on any atom is -0.468 e. The highest BCUT2D eigenvalue weighted by atomic mass is 16.5. The lowest BCUT2D eigenvalue weighted by Crippen LogP contribution is -2.39. The van der Waals surface area contributed by atoms with Gasteiger partial charge in [0.15, 0.2) is 5.41 Å². The number of carbonyl (C=O) groups is 2. The third-order valence-electron chi connectivity index (χ3n) is 4.05. The van der Waals surface area contributed by atoms with Crippen LogP contribution >= 0.6 is 0 Å². The normalized spacial score (nSPS) is 17.3. The molecule has 0 atom stereocenters. The van der Waals surface area contributed by atoms with Crippen LogP contribution in [0.3, 0.4) is 0 Å². The lowest BCUT2D eigenvalue weighted by Gasteiger charge is -2.27. The molecule has 4 heteroatoms. The highest BCUT2D eigenvalue weighted by molar-refractivity contribution is 5.99. The van der Waals surface area contributed by atoms with E-state index in [-0.39, 0.29) is 0 Å². The lowest BCUT2D eigenvalue weighted by atomic mass is 9.78. The SMILES string of the molecule is COC(=O)C(C)(CCC1CCCCC1)C(=O)OC. The monoisotopic (exact) mass is 256 g/mol. The first-order valence-electron chi connectivity index (χ1n) is 6.71. The zero-order valence-corrected chi connectivity index (χ0v) is 11.7. The molecule has 1 aliphatic carbocycles. The molecule has 0 aliphatic heterocycles. The molecular weight excluding hydrogens is 232 g/mol. The fraction of sp³-hybridized carbons (Fsp3) is 0.857. The third kappa shape index (κ3) is 3.47. The molecule has 0 saturated heterocycles. The Morgan fingerprint density at radius 3 is 2.00 bits per heavy atom. The fourth-order valence-electron chi connectivity index (χ4n) is 2.71. The van der Waals surface area contributed by atoms with E-state index in [1.807, 2.05) is 0 Å². The summed E-state index contributed by atoms with van der Waals surface area (Å²) in [6.45, 7) is 1.62. The van der Waals surface area contributed by atoms with Gasteiger partial charge in [0.2, 0.25) is 0 Å². The van der Waals surface area contributed by atoms with E-state index in [9.17, 15) is 9.59 Å². The van der Waals surface area contributed by atoms with E-state index in [2.05, 4.69) is 0 Å². The smallest absolute Gasteiger partial charge is 0.322 e. The number of ether oxygens (including phenoxy) is 2. The average Bonchev–Trinajstić information content (AvgIpc) is 2.43. The van der Waals surface area contributed by atoms with Crippen LogP contribution in [0.1, 0.15) is 51.9 Å². The molecule has 18 heavy (non-hydrogen) atoms. The van der Waals surface area contributed by atoms with Crippen molar-refractivity contribution in [2.24, 2.45) is 11.3 Å². The molecule has 1 aliphatic rings. The van der Waals surface area contributed by atoms with E-state index < -0.39 is 17.4 Å². The maximum Gasteiger partial charge on any atom is 0.322 e. The first-order valence-corrected chi connectivity index (χ1v) is 6.71. The number of esters is 2. The van der Waals surface area contributed by atoms with E-state index in [1.54, 1.807) is 6.92 Å². The van der Waals surface area contributed by atoms with Crippen LogP contribution in [0.5, 0.6) is 0 Å². The zero-order valence-electron chi connectivity index (χ0n) is 11.7. The Morgan fingerprint density at radius 2 is 1.56 bits per heavy atom. The van der Waals surface area contributed by atoms with Crippen LogP contribution in [0.2, 0.25) is 0 Å². The van der Waals surface area contributed by atoms with Crippen molar-refractivity contribution in [2.75, 3.05) is 14.2 Å². The summed E-state index contributed by atoms with van der Waals surface area (Å²) in [5.74, 6) is -0.359. The molecule has 0 unspecified atom stereocenters. The Morgan fingerprint density at radius 1 is 1.06 bits per heavy atom. The Kier molecular flexibility index (Phi) is 5.63. The highest BCUT2D eigenvalue weighted by Crippen LogP contribution is 2.34. The van der Waals surface area contributed by atoms with Crippen molar-refractivity contribution in [3.8, 4) is 0 Å². The van der Waals surface area contributed by atoms with Gasteiger partial charge in [-0.25, -0.2) is 0 Å². The minimum atomic E-state index is -1.15. The molecule has 1 rings (SSSR count). The van der Waals surface area contributed by atoms with Gasteiger partial charge in [-0.1, -0.05) is 32.1 Å². The van der Waals surface area contributed by atoms with Gasteiger partial charge in [0.05, 0.1) is 14.2 Å². The Bertz CT molecular complexity index is 276. The molecular formula is C14H24O4. The molecule has 104 valence electrons. The summed E-state index contributed by atoms with van der Waals surface area (Å²) in [5.41, 5.74) is -1.15. The highest BCUT2D eigenvalue weighted by Gasteiger charge is 2.43. The van der Waals surface area contributed by atoms with Gasteiger partial charge < -0.3 is 9.47 Å². The average molecular weight is 256 g/mol. The predicted octanol–water partition coefficient (Wildman–Crippen LogP) is 2.70. The molecule has 0 heterocycles. The van der Waals surface area contributed by atoms with Crippen LogP contribution in [0.15, 0.2) is 0 Å². The van der Waals surface area contributed by atoms with Crippen LogP contribution in [-0.4, -0.2) is 26.2 Å². The zero-order chi connectivity index (χ0) is 13.6. The van der Waals surface area contributed by atoms with E-state index >= 15 is 0 Å². The molecule has 0 aromatic carbocycles. The van der Waals surface area contributed by atoms with Crippen LogP contribution in [-0.2, 0) is 19.1 Å². The van der Waals surface area contributed by atoms with Crippen LogP contribution < -0.4 is 0 Å². The van der Waals surface area contributed by atoms with Gasteiger partial charge in [-0.15, -0.1) is 0 Å². The van der Waals surface area contributed by atoms with Crippen molar-refractivity contribution in [3.05, 3.63) is 0 Å². The maximum atomic E-state index is 11.8. The minimum absolute atomic E-state index is 0.495. The van der Waals surface area contributed by atoms with Crippen molar-refractivity contribution in [1.82, 2.24) is 0 Å². The quantitative estimate of drug-likeness (QED) is 0.560. The van der Waals surface area contributed by atoms with E-state index in [4.69, 9.17) is 9.47 Å². The molecule has 0 aromatic rings. The molecule has 0 N–H and O–H groups in total. The fourth-order valence-corrected chi connectivity index (χ4v) is 2.71. The molecule has 0 bridgehead atoms. The largest absolute Gasteiger partial charge is 0.468 e. The first kappa shape index (κ1) is 15.0. The molecule has 0 amide bonds. The standard InChI is InChI=1S/C14H24O4/c1-14(12(15)17-2,13(16)18-3)10-9-11-7-5-4-6-8-11/h11H,4-10H2,1-3H3. The number of hydrogen-bond donors (Lipinski definition) is 0. The second kappa shape index (κ2) is 6.76. The summed E-state index contributed by atoms with van der Waals surface area (Å²) in [4.78, 5) is 23.6. The summed E-state index contributed by atoms with van der Waals surface area (Å²) in [5, 5.41) is 0. The van der Waals surface area contributed by atoms with Gasteiger partial charge >= 0.3 is 11.9 Å². The van der Waals surface area contributed by atoms with Crippen LogP contribution in [0, 0.1) is 11.3 Å². The van der Waals surface area contributed by atoms with Gasteiger partial charge in [-0.3, -0.25) is 9.59 Å². The van der Waals surface area contributed by atoms with E-state index in [0.29, 0.717) is 12.3 Å². The van der Waals surface area contributed by atoms with Crippen molar-refractivity contribution >= 4 is 11.9 Å². The van der Waals surface area contributed by atoms with Crippen molar-refractivity contribution in [3.63, 3.8) is 0 Å². The summed E-state index contributed by atoms with van der Waals surface area (Å²) in [7, 11) is 2.62. The Hall–Kier alpha value is -1.06. The number of carbonyl (C=O) groups excluding carboxylic acids is 2. The molecule has 4 nitrogen and oxygen atoms in total. The molecule has 1 fully saturated rings. The maximum absolute atomic E-state index is 11.8. The summed E-state index contributed by atoms with van der Waals surface area (Å²) in [6.07, 6.45) is 7.64. The lowest BCUT2D eigenvalue weighted by molar-refractivity contribution is -0.168. The van der Waals surface area contributed by atoms with Gasteiger partial charge in [0.1, 0.15) is 0 Å². The first-order chi connectivity index (χ1) is 8.54. The number of rotatable bonds is 5. The Labute approximate surface area is 109 Å². The van der Waals surface area contributed by atoms with Crippen LogP contribution in [0.4, 0.5) is 0 Å². The van der Waals surface area contributed by atoms with Gasteiger partial charge in [0.25, 0.3) is 0 Å². The molecule has 0 spiro atoms. The van der Waals surface area contributed by atoms with Crippen molar-refractivity contribution in [2.45, 2.75) is 51.9 Å². The molecule has 1 saturated carbocycles. The Balaban J connectivity index is 2.60. The number of hydrogen-bond acceptors (Lipinski definition) is 4. The van der Waals surface area contributed by atoms with Gasteiger partial charge in [0, 0.05) is 0 Å². The third-order valence-corrected chi connectivity index (χ3v) is 4.05. The van der Waals surface area contributed by atoms with Crippen molar-refractivity contribution < 1.29 is 19.1 Å². The topological polar surface area (TPSA) is 52.6 Å². The van der Waals surface area contributed by atoms with Crippen molar-refractivity contribution in [1.29, 1.82) is 0 Å². The summed E-state index contributed by atoms with van der Waals surface area (Å²) >= 11 is 0. The van der Waals surface area contributed by atoms with E-state index in [1.165, 1.54) is 46.3 Å². The van der Waals surface area contributed by atoms with E-state index in [0.717, 1.165) is 6.42 Å². The predicted molar refractivity (Wildman–Crippen MR) is 67.9 cm³/mol. The van der Waals surface area contributed by atoms with Gasteiger partial charge in [-0.05, 0) is 25.7 Å². The second-order valence-corrected chi connectivity index (χ2v) is 5.36. The summed E-state index contributed by atoms with van der Waals surface area (Å²) < 4.78 is 9.48. The van der Waals surface area contributed by atoms with Crippen LogP contribution in [0.25, 0.3) is 0 Å². The molecule has 0 radical (unpaired) electrons. The number of methoxy groups -OCH3 is 2. The second-order valence-electron chi connectivity index (χ2n) is 5.36. The molecule has 0 aromatic heterocycles.